The maximum atomic E-state index is 12.7. The third kappa shape index (κ3) is 7.15. The normalized spacial score (nSPS) is 11.4. The number of ether oxygens (including phenoxy) is 3. The molecule has 34 heavy (non-hydrogen) atoms. The van der Waals surface area contributed by atoms with Crippen LogP contribution in [-0.4, -0.2) is 42.2 Å². The first kappa shape index (κ1) is 25.5. The summed E-state index contributed by atoms with van der Waals surface area (Å²) in [6, 6.07) is 10.1. The highest BCUT2D eigenvalue weighted by Crippen LogP contribution is 2.32. The lowest BCUT2D eigenvalue weighted by Gasteiger charge is -2.12. The number of para-hydroxylation sites is 2. The zero-order valence-electron chi connectivity index (χ0n) is 18.4. The van der Waals surface area contributed by atoms with Crippen LogP contribution in [0.2, 0.25) is 0 Å². The number of benzene rings is 2. The first-order valence-electron chi connectivity index (χ1n) is 9.73. The van der Waals surface area contributed by atoms with Gasteiger partial charge in [0.25, 0.3) is 11.6 Å². The average Bonchev–Trinajstić information content (AvgIpc) is 2.82. The summed E-state index contributed by atoms with van der Waals surface area (Å²) in [5.41, 5.74) is -0.240. The van der Waals surface area contributed by atoms with Crippen molar-refractivity contribution in [1.29, 1.82) is 0 Å². The van der Waals surface area contributed by atoms with Gasteiger partial charge in [0.15, 0.2) is 11.4 Å². The first-order chi connectivity index (χ1) is 16.3. The fourth-order valence-electron chi connectivity index (χ4n) is 2.48. The highest BCUT2D eigenvalue weighted by atomic mass is 16.6. The molecule has 2 N–H and O–H groups in total. The lowest BCUT2D eigenvalue weighted by molar-refractivity contribution is -0.384. The Bertz CT molecular complexity index is 1140. The molecule has 0 fully saturated rings. The van der Waals surface area contributed by atoms with Crippen LogP contribution >= 0.6 is 0 Å². The number of hydrogen-bond acceptors (Lipinski definition) is 10. The molecule has 0 saturated carbocycles. The summed E-state index contributed by atoms with van der Waals surface area (Å²) in [6.45, 7) is 4.53. The van der Waals surface area contributed by atoms with Gasteiger partial charge < -0.3 is 24.6 Å². The largest absolute Gasteiger partial charge is 0.510 e. The van der Waals surface area contributed by atoms with Gasteiger partial charge in [0.1, 0.15) is 30.4 Å². The van der Waals surface area contributed by atoms with E-state index in [9.17, 15) is 24.8 Å². The van der Waals surface area contributed by atoms with Crippen LogP contribution in [0.15, 0.2) is 76.8 Å². The number of nitrogens with zero attached hydrogens (tertiary/aromatic N) is 3. The van der Waals surface area contributed by atoms with Gasteiger partial charge >= 0.3 is 5.97 Å². The molecule has 12 heteroatoms. The van der Waals surface area contributed by atoms with Crippen molar-refractivity contribution in [2.75, 3.05) is 25.6 Å². The van der Waals surface area contributed by atoms with Gasteiger partial charge in [-0.25, -0.2) is 4.79 Å². The van der Waals surface area contributed by atoms with E-state index in [1.54, 1.807) is 24.3 Å². The van der Waals surface area contributed by atoms with E-state index in [0.717, 1.165) is 12.1 Å². The Hall–Kier alpha value is -4.74. The number of aliphatic hydroxyl groups excluding tert-OH is 1. The number of allylic oxidation sites excluding steroid dienone is 1. The molecule has 0 bridgehead atoms. The molecular formula is C22H22N4O8. The molecule has 178 valence electrons. The van der Waals surface area contributed by atoms with Gasteiger partial charge in [-0.05, 0) is 25.1 Å². The molecular weight excluding hydrogens is 448 g/mol. The number of nitrogens with one attached hydrogen (secondary N) is 1. The molecule has 0 aliphatic carbocycles. The molecule has 0 atom stereocenters. The zero-order chi connectivity index (χ0) is 25.1. The summed E-state index contributed by atoms with van der Waals surface area (Å²) in [5, 5.41) is 31.1. The minimum absolute atomic E-state index is 0.0217. The van der Waals surface area contributed by atoms with Crippen LogP contribution in [0.1, 0.15) is 6.92 Å². The van der Waals surface area contributed by atoms with Crippen molar-refractivity contribution in [2.45, 2.75) is 6.92 Å². The molecule has 0 spiro atoms. The maximum absolute atomic E-state index is 12.7. The number of amides is 1. The molecule has 2 rings (SSSR count). The van der Waals surface area contributed by atoms with Crippen LogP contribution in [0.4, 0.5) is 17.1 Å². The van der Waals surface area contributed by atoms with Crippen molar-refractivity contribution in [1.82, 2.24) is 0 Å². The number of esters is 1. The van der Waals surface area contributed by atoms with Crippen LogP contribution in [-0.2, 0) is 14.3 Å². The van der Waals surface area contributed by atoms with E-state index in [4.69, 9.17) is 14.2 Å². The molecule has 0 aliphatic rings. The number of carbonyl (C=O) groups is 2. The highest BCUT2D eigenvalue weighted by Gasteiger charge is 2.17. The van der Waals surface area contributed by atoms with E-state index in [2.05, 4.69) is 22.1 Å². The number of methoxy groups -OCH3 is 1. The van der Waals surface area contributed by atoms with Crippen molar-refractivity contribution in [3.05, 3.63) is 76.7 Å². The molecule has 0 radical (unpaired) electrons. The van der Waals surface area contributed by atoms with Crippen molar-refractivity contribution < 1.29 is 33.8 Å². The number of carbonyl (C=O) groups excluding carboxylic acids is 2. The predicted molar refractivity (Wildman–Crippen MR) is 121 cm³/mol. The van der Waals surface area contributed by atoms with Gasteiger partial charge in [0, 0.05) is 12.1 Å². The van der Waals surface area contributed by atoms with E-state index < -0.39 is 28.3 Å². The van der Waals surface area contributed by atoms with Gasteiger partial charge in [-0.15, -0.1) is 10.2 Å². The second kappa shape index (κ2) is 12.3. The summed E-state index contributed by atoms with van der Waals surface area (Å²) < 4.78 is 15.4. The summed E-state index contributed by atoms with van der Waals surface area (Å²) in [7, 11) is 1.30. The molecule has 0 unspecified atom stereocenters. The highest BCUT2D eigenvalue weighted by molar-refractivity contribution is 6.04. The van der Waals surface area contributed by atoms with Crippen LogP contribution in [0.25, 0.3) is 0 Å². The number of aliphatic hydroxyl groups is 1. The Morgan fingerprint density at radius 1 is 1.21 bits per heavy atom. The van der Waals surface area contributed by atoms with Gasteiger partial charge in [-0.1, -0.05) is 18.7 Å². The number of hydrogen-bond donors (Lipinski definition) is 2. The standard InChI is InChI=1S/C22H22N4O8/c1-4-20(28)34-12-11-33-18-8-6-5-7-16(18)23-22(29)21(14(2)27)25-24-17-10-9-15(26(30)31)13-19(17)32-3/h4-10,13,27H,1,11-12H2,2-3H3,(H,23,29). The van der Waals surface area contributed by atoms with Crippen LogP contribution in [0, 0.1) is 10.1 Å². The molecule has 1 amide bonds. The topological polar surface area (TPSA) is 162 Å². The quantitative estimate of drug-likeness (QED) is 0.0938. The van der Waals surface area contributed by atoms with Crippen molar-refractivity contribution in [3.8, 4) is 11.5 Å². The summed E-state index contributed by atoms with van der Waals surface area (Å²) in [5.74, 6) is -1.46. The van der Waals surface area contributed by atoms with Gasteiger partial charge in [-0.2, -0.15) is 0 Å². The number of nitro groups is 1. The SMILES string of the molecule is C=CC(=O)OCCOc1ccccc1NC(=O)C(N=Nc1ccc([N+](=O)[O-])cc1OC)=C(C)O. The summed E-state index contributed by atoms with van der Waals surface area (Å²) in [6.07, 6.45) is 1.03. The van der Waals surface area contributed by atoms with Crippen LogP contribution < -0.4 is 14.8 Å². The Morgan fingerprint density at radius 2 is 1.94 bits per heavy atom. The van der Waals surface area contributed by atoms with E-state index in [1.807, 2.05) is 0 Å². The van der Waals surface area contributed by atoms with Crippen LogP contribution in [0.3, 0.4) is 0 Å². The lowest BCUT2D eigenvalue weighted by atomic mass is 10.2. The van der Waals surface area contributed by atoms with E-state index >= 15 is 0 Å². The van der Waals surface area contributed by atoms with Crippen molar-refractivity contribution in [3.63, 3.8) is 0 Å². The van der Waals surface area contributed by atoms with Gasteiger partial charge in [0.05, 0.1) is 23.8 Å². The van der Waals surface area contributed by atoms with Crippen molar-refractivity contribution >= 4 is 28.9 Å². The fourth-order valence-corrected chi connectivity index (χ4v) is 2.48. The van der Waals surface area contributed by atoms with Gasteiger partial charge in [0.2, 0.25) is 0 Å². The zero-order valence-corrected chi connectivity index (χ0v) is 18.4. The Morgan fingerprint density at radius 3 is 2.59 bits per heavy atom. The predicted octanol–water partition coefficient (Wildman–Crippen LogP) is 4.22. The summed E-state index contributed by atoms with van der Waals surface area (Å²) >= 11 is 0. The fraction of sp³-hybridized carbons (Fsp3) is 0.182. The van der Waals surface area contributed by atoms with Crippen molar-refractivity contribution in [2.24, 2.45) is 10.2 Å². The number of rotatable bonds is 11. The number of non-ortho nitro benzene ring substituents is 1. The Labute approximate surface area is 194 Å². The third-order valence-electron chi connectivity index (χ3n) is 4.08. The Balaban J connectivity index is 2.17. The first-order valence-corrected chi connectivity index (χ1v) is 9.73. The second-order valence-corrected chi connectivity index (χ2v) is 6.42. The monoisotopic (exact) mass is 470 g/mol. The average molecular weight is 470 g/mol. The van der Waals surface area contributed by atoms with Gasteiger partial charge in [-0.3, -0.25) is 14.9 Å². The second-order valence-electron chi connectivity index (χ2n) is 6.42. The molecule has 2 aromatic rings. The van der Waals surface area contributed by atoms with E-state index in [1.165, 1.54) is 26.2 Å². The molecule has 12 nitrogen and oxygen atoms in total. The molecule has 0 aromatic heterocycles. The summed E-state index contributed by atoms with van der Waals surface area (Å²) in [4.78, 5) is 34.2. The minimum Gasteiger partial charge on any atom is -0.510 e. The third-order valence-corrected chi connectivity index (χ3v) is 4.08. The Kier molecular flexibility index (Phi) is 9.26. The lowest BCUT2D eigenvalue weighted by Crippen LogP contribution is -2.16. The molecule has 0 heterocycles. The maximum Gasteiger partial charge on any atom is 0.330 e. The van der Waals surface area contributed by atoms with E-state index in [-0.39, 0.29) is 41.8 Å². The number of anilines is 1. The van der Waals surface area contributed by atoms with Crippen LogP contribution in [0.5, 0.6) is 11.5 Å². The molecule has 0 saturated heterocycles. The molecule has 2 aromatic carbocycles. The minimum atomic E-state index is -0.793. The molecule has 0 aliphatic heterocycles. The van der Waals surface area contributed by atoms with E-state index in [0.29, 0.717) is 0 Å². The smallest absolute Gasteiger partial charge is 0.330 e. The number of nitro benzene ring substituents is 1. The number of azo groups is 1.